The third kappa shape index (κ3) is 4.93. The number of amides is 1. The lowest BCUT2D eigenvalue weighted by Crippen LogP contribution is -2.44. The standard InChI is InChI=1S/C27H36N2O3/c1-20-10-9-11-21(2)28(20)18-7-4-8-19-29-24-12-5-6-13-25(24)32-26(27(29)30)22-14-16-23(31-3)17-15-22/h5-6,12-17,20-21,26H,4,7-11,18-19H2,1-3H3/t20-,21+,26?. The topological polar surface area (TPSA) is 42.0 Å². The lowest BCUT2D eigenvalue weighted by Gasteiger charge is -2.39. The van der Waals surface area contributed by atoms with Gasteiger partial charge in [-0.25, -0.2) is 0 Å². The monoisotopic (exact) mass is 436 g/mol. The second-order valence-corrected chi connectivity index (χ2v) is 9.16. The van der Waals surface area contributed by atoms with Crippen molar-refractivity contribution in [2.24, 2.45) is 0 Å². The molecule has 0 spiro atoms. The van der Waals surface area contributed by atoms with Crippen LogP contribution in [0.3, 0.4) is 0 Å². The van der Waals surface area contributed by atoms with Crippen LogP contribution in [0.1, 0.15) is 64.0 Å². The maximum Gasteiger partial charge on any atom is 0.272 e. The molecule has 1 saturated heterocycles. The van der Waals surface area contributed by atoms with Gasteiger partial charge in [0.05, 0.1) is 12.8 Å². The highest BCUT2D eigenvalue weighted by Gasteiger charge is 2.35. The van der Waals surface area contributed by atoms with Gasteiger partial charge in [-0.05, 0) is 70.3 Å². The van der Waals surface area contributed by atoms with Gasteiger partial charge in [0.15, 0.2) is 0 Å². The molecule has 0 N–H and O–H groups in total. The minimum Gasteiger partial charge on any atom is -0.497 e. The summed E-state index contributed by atoms with van der Waals surface area (Å²) in [4.78, 5) is 18.0. The molecule has 172 valence electrons. The van der Waals surface area contributed by atoms with Crippen LogP contribution in [0.4, 0.5) is 5.69 Å². The first-order valence-corrected chi connectivity index (χ1v) is 12.0. The summed E-state index contributed by atoms with van der Waals surface area (Å²) in [7, 11) is 1.64. The largest absolute Gasteiger partial charge is 0.497 e. The van der Waals surface area contributed by atoms with E-state index >= 15 is 0 Å². The molecule has 1 fully saturated rings. The van der Waals surface area contributed by atoms with E-state index in [2.05, 4.69) is 18.7 Å². The van der Waals surface area contributed by atoms with E-state index in [1.165, 1.54) is 25.7 Å². The minimum absolute atomic E-state index is 0.00661. The predicted molar refractivity (Wildman–Crippen MR) is 128 cm³/mol. The smallest absolute Gasteiger partial charge is 0.272 e. The molecule has 4 rings (SSSR count). The van der Waals surface area contributed by atoms with E-state index in [1.807, 2.05) is 53.4 Å². The van der Waals surface area contributed by atoms with Gasteiger partial charge >= 0.3 is 0 Å². The zero-order valence-electron chi connectivity index (χ0n) is 19.6. The number of hydrogen-bond donors (Lipinski definition) is 0. The van der Waals surface area contributed by atoms with Crippen LogP contribution in [-0.2, 0) is 4.79 Å². The van der Waals surface area contributed by atoms with Crippen molar-refractivity contribution >= 4 is 11.6 Å². The third-order valence-corrected chi connectivity index (χ3v) is 6.98. The number of rotatable bonds is 8. The van der Waals surface area contributed by atoms with E-state index in [1.54, 1.807) is 7.11 Å². The molecule has 1 amide bonds. The number of methoxy groups -OCH3 is 1. The number of nitrogens with zero attached hydrogens (tertiary/aromatic N) is 2. The second kappa shape index (κ2) is 10.4. The maximum absolute atomic E-state index is 13.4. The third-order valence-electron chi connectivity index (χ3n) is 6.98. The summed E-state index contributed by atoms with van der Waals surface area (Å²) < 4.78 is 11.4. The Kier molecular flexibility index (Phi) is 7.36. The highest BCUT2D eigenvalue weighted by atomic mass is 16.5. The molecule has 5 nitrogen and oxygen atoms in total. The first kappa shape index (κ1) is 22.7. The lowest BCUT2D eigenvalue weighted by molar-refractivity contribution is -0.126. The van der Waals surface area contributed by atoms with Gasteiger partial charge in [0, 0.05) is 24.2 Å². The molecule has 2 heterocycles. The number of fused-ring (bicyclic) bond motifs is 1. The molecule has 3 atom stereocenters. The number of hydrogen-bond acceptors (Lipinski definition) is 4. The molecule has 0 bridgehead atoms. The number of benzene rings is 2. The van der Waals surface area contributed by atoms with Crippen LogP contribution in [0.2, 0.25) is 0 Å². The zero-order chi connectivity index (χ0) is 22.5. The van der Waals surface area contributed by atoms with Gasteiger partial charge in [0.1, 0.15) is 11.5 Å². The van der Waals surface area contributed by atoms with Crippen LogP contribution < -0.4 is 14.4 Å². The number of piperidine rings is 1. The fourth-order valence-corrected chi connectivity index (χ4v) is 5.09. The Morgan fingerprint density at radius 1 is 0.938 bits per heavy atom. The predicted octanol–water partition coefficient (Wildman–Crippen LogP) is 5.60. The molecule has 2 aromatic rings. The molecule has 5 heteroatoms. The summed E-state index contributed by atoms with van der Waals surface area (Å²) in [6, 6.07) is 16.8. The highest BCUT2D eigenvalue weighted by Crippen LogP contribution is 2.39. The first-order valence-electron chi connectivity index (χ1n) is 12.0. The van der Waals surface area contributed by atoms with Gasteiger partial charge in [-0.15, -0.1) is 0 Å². The molecule has 32 heavy (non-hydrogen) atoms. The van der Waals surface area contributed by atoms with E-state index in [0.29, 0.717) is 12.1 Å². The van der Waals surface area contributed by atoms with E-state index in [0.717, 1.165) is 48.7 Å². The summed E-state index contributed by atoms with van der Waals surface area (Å²) in [6.45, 7) is 6.60. The van der Waals surface area contributed by atoms with Crippen LogP contribution in [0.15, 0.2) is 48.5 Å². The normalized spacial score (nSPS) is 23.5. The molecule has 0 radical (unpaired) electrons. The van der Waals surface area contributed by atoms with E-state index in [9.17, 15) is 4.79 Å². The molecule has 2 aromatic carbocycles. The molecule has 2 aliphatic heterocycles. The molecule has 2 aliphatic rings. The first-order chi connectivity index (χ1) is 15.6. The highest BCUT2D eigenvalue weighted by molar-refractivity contribution is 6.00. The number of anilines is 1. The molecule has 0 aromatic heterocycles. The van der Waals surface area contributed by atoms with Crippen LogP contribution in [0.25, 0.3) is 0 Å². The fourth-order valence-electron chi connectivity index (χ4n) is 5.09. The number of likely N-dealkylation sites (tertiary alicyclic amines) is 1. The van der Waals surface area contributed by atoms with Gasteiger partial charge in [0.25, 0.3) is 5.91 Å². The Hall–Kier alpha value is -2.53. The van der Waals surface area contributed by atoms with Crippen molar-refractivity contribution in [3.8, 4) is 11.5 Å². The number of carbonyl (C=O) groups excluding carboxylic acids is 1. The summed E-state index contributed by atoms with van der Waals surface area (Å²) in [5, 5.41) is 0. The maximum atomic E-state index is 13.4. The van der Waals surface area contributed by atoms with Crippen LogP contribution in [0.5, 0.6) is 11.5 Å². The van der Waals surface area contributed by atoms with Gasteiger partial charge in [-0.2, -0.15) is 0 Å². The SMILES string of the molecule is COc1ccc(C2Oc3ccccc3N(CCCCCN3[C@H](C)CCC[C@@H]3C)C2=O)cc1. The Morgan fingerprint density at radius 2 is 1.62 bits per heavy atom. The average Bonchev–Trinajstić information content (AvgIpc) is 2.81. The average molecular weight is 437 g/mol. The summed E-state index contributed by atoms with van der Waals surface area (Å²) in [5.74, 6) is 1.54. The molecular weight excluding hydrogens is 400 g/mol. The summed E-state index contributed by atoms with van der Waals surface area (Å²) in [6.07, 6.45) is 6.66. The zero-order valence-corrected chi connectivity index (χ0v) is 19.6. The number of unbranched alkanes of at least 4 members (excludes halogenated alkanes) is 2. The summed E-state index contributed by atoms with van der Waals surface area (Å²) >= 11 is 0. The Labute approximate surface area is 192 Å². The van der Waals surface area contributed by atoms with Crippen molar-refractivity contribution in [3.05, 3.63) is 54.1 Å². The summed E-state index contributed by atoms with van der Waals surface area (Å²) in [5.41, 5.74) is 1.73. The molecule has 1 unspecified atom stereocenters. The van der Waals surface area contributed by atoms with Gasteiger partial charge in [-0.3, -0.25) is 9.69 Å². The van der Waals surface area contributed by atoms with Gasteiger partial charge in [0.2, 0.25) is 6.10 Å². The Morgan fingerprint density at radius 3 is 2.34 bits per heavy atom. The fraction of sp³-hybridized carbons (Fsp3) is 0.519. The van der Waals surface area contributed by atoms with Crippen LogP contribution in [-0.4, -0.2) is 43.1 Å². The van der Waals surface area contributed by atoms with Crippen molar-refractivity contribution in [1.82, 2.24) is 4.90 Å². The van der Waals surface area contributed by atoms with Crippen molar-refractivity contribution in [2.45, 2.75) is 70.6 Å². The number of ether oxygens (including phenoxy) is 2. The van der Waals surface area contributed by atoms with Crippen LogP contribution >= 0.6 is 0 Å². The van der Waals surface area contributed by atoms with Crippen molar-refractivity contribution in [3.63, 3.8) is 0 Å². The molecule has 0 aliphatic carbocycles. The van der Waals surface area contributed by atoms with E-state index in [-0.39, 0.29) is 5.91 Å². The lowest BCUT2D eigenvalue weighted by atomic mass is 9.97. The van der Waals surface area contributed by atoms with E-state index in [4.69, 9.17) is 9.47 Å². The Balaban J connectivity index is 1.38. The van der Waals surface area contributed by atoms with Crippen molar-refractivity contribution < 1.29 is 14.3 Å². The Bertz CT molecular complexity index is 888. The number of carbonyl (C=O) groups is 1. The minimum atomic E-state index is -0.620. The van der Waals surface area contributed by atoms with Gasteiger partial charge in [-0.1, -0.05) is 37.1 Å². The second-order valence-electron chi connectivity index (χ2n) is 9.16. The molecule has 0 saturated carbocycles. The molecular formula is C27H36N2O3. The quantitative estimate of drug-likeness (QED) is 0.506. The van der Waals surface area contributed by atoms with Crippen molar-refractivity contribution in [2.75, 3.05) is 25.1 Å². The number of para-hydroxylation sites is 2. The van der Waals surface area contributed by atoms with Crippen molar-refractivity contribution in [1.29, 1.82) is 0 Å². The van der Waals surface area contributed by atoms with E-state index < -0.39 is 6.10 Å². The van der Waals surface area contributed by atoms with Crippen LogP contribution in [0, 0.1) is 0 Å². The van der Waals surface area contributed by atoms with Gasteiger partial charge < -0.3 is 14.4 Å².